The topological polar surface area (TPSA) is 66.0 Å². The molecule has 1 amide bonds. The van der Waals surface area contributed by atoms with E-state index in [1.807, 2.05) is 29.2 Å². The maximum Gasteiger partial charge on any atom is 0.227 e. The molecule has 1 fully saturated rings. The lowest BCUT2D eigenvalue weighted by Crippen LogP contribution is -2.37. The Hall–Kier alpha value is -3.02. The lowest BCUT2D eigenvalue weighted by molar-refractivity contribution is -0.117. The van der Waals surface area contributed by atoms with E-state index in [4.69, 9.17) is 9.73 Å². The van der Waals surface area contributed by atoms with Crippen molar-refractivity contribution < 1.29 is 9.53 Å². The molecule has 0 saturated carbocycles. The molecule has 160 valence electrons. The second-order valence-corrected chi connectivity index (χ2v) is 7.39. The van der Waals surface area contributed by atoms with Crippen molar-refractivity contribution in [2.24, 2.45) is 4.99 Å². The van der Waals surface area contributed by atoms with Crippen LogP contribution in [0, 0.1) is 0 Å². The third-order valence-electron chi connectivity index (χ3n) is 5.15. The van der Waals surface area contributed by atoms with Gasteiger partial charge in [-0.2, -0.15) is 0 Å². The molecule has 0 aromatic heterocycles. The Kier molecular flexibility index (Phi) is 8.12. The summed E-state index contributed by atoms with van der Waals surface area (Å²) in [6, 6.07) is 16.3. The van der Waals surface area contributed by atoms with Crippen LogP contribution in [0.5, 0.6) is 5.75 Å². The predicted octanol–water partition coefficient (Wildman–Crippen LogP) is 3.51. The van der Waals surface area contributed by atoms with Gasteiger partial charge in [0, 0.05) is 31.7 Å². The van der Waals surface area contributed by atoms with Crippen LogP contribution in [0.25, 0.3) is 0 Å². The molecule has 30 heavy (non-hydrogen) atoms. The van der Waals surface area contributed by atoms with Gasteiger partial charge in [-0.15, -0.1) is 0 Å². The summed E-state index contributed by atoms with van der Waals surface area (Å²) >= 11 is 0. The number of nitrogens with zero attached hydrogens (tertiary/aromatic N) is 2. The Labute approximate surface area is 179 Å². The van der Waals surface area contributed by atoms with Gasteiger partial charge in [-0.05, 0) is 61.6 Å². The molecule has 1 aliphatic rings. The Morgan fingerprint density at radius 3 is 2.67 bits per heavy atom. The predicted molar refractivity (Wildman–Crippen MR) is 122 cm³/mol. The highest BCUT2D eigenvalue weighted by atomic mass is 16.5. The number of rotatable bonds is 9. The second-order valence-electron chi connectivity index (χ2n) is 7.39. The largest absolute Gasteiger partial charge is 0.497 e. The van der Waals surface area contributed by atoms with Gasteiger partial charge >= 0.3 is 0 Å². The number of amides is 1. The quantitative estimate of drug-likeness (QED) is 0.379. The maximum atomic E-state index is 11.9. The number of ether oxygens (including phenoxy) is 1. The van der Waals surface area contributed by atoms with Gasteiger partial charge in [0.1, 0.15) is 5.75 Å². The SMILES string of the molecule is CCNC(=NCc1ccc(N2CCCC2=O)cc1)NCCCc1cccc(OC)c1. The molecular weight excluding hydrogens is 376 g/mol. The van der Waals surface area contributed by atoms with Gasteiger partial charge in [-0.25, -0.2) is 4.99 Å². The molecule has 1 aliphatic heterocycles. The van der Waals surface area contributed by atoms with Gasteiger partial charge in [0.2, 0.25) is 5.91 Å². The molecule has 2 N–H and O–H groups in total. The fourth-order valence-electron chi connectivity index (χ4n) is 3.54. The Bertz CT molecular complexity index is 849. The highest BCUT2D eigenvalue weighted by Gasteiger charge is 2.21. The van der Waals surface area contributed by atoms with E-state index in [-0.39, 0.29) is 5.91 Å². The van der Waals surface area contributed by atoms with E-state index in [0.29, 0.717) is 13.0 Å². The van der Waals surface area contributed by atoms with E-state index in [1.165, 1.54) is 5.56 Å². The Morgan fingerprint density at radius 1 is 1.13 bits per heavy atom. The fraction of sp³-hybridized carbons (Fsp3) is 0.417. The molecule has 3 rings (SSSR count). The zero-order valence-electron chi connectivity index (χ0n) is 18.0. The lowest BCUT2D eigenvalue weighted by Gasteiger charge is -2.16. The number of guanidine groups is 1. The van der Waals surface area contributed by atoms with Crippen molar-refractivity contribution in [2.45, 2.75) is 39.2 Å². The van der Waals surface area contributed by atoms with Crippen LogP contribution in [0.4, 0.5) is 5.69 Å². The Balaban J connectivity index is 1.48. The molecule has 6 heteroatoms. The summed E-state index contributed by atoms with van der Waals surface area (Å²) in [5.74, 6) is 1.94. The molecule has 0 spiro atoms. The van der Waals surface area contributed by atoms with E-state index in [2.05, 4.69) is 41.8 Å². The smallest absolute Gasteiger partial charge is 0.227 e. The minimum Gasteiger partial charge on any atom is -0.497 e. The van der Waals surface area contributed by atoms with Crippen molar-refractivity contribution in [1.82, 2.24) is 10.6 Å². The van der Waals surface area contributed by atoms with Crippen LogP contribution in [0.2, 0.25) is 0 Å². The zero-order valence-corrected chi connectivity index (χ0v) is 18.0. The zero-order chi connectivity index (χ0) is 21.2. The number of hydrogen-bond acceptors (Lipinski definition) is 3. The number of aliphatic imine (C=N–C) groups is 1. The van der Waals surface area contributed by atoms with Crippen LogP contribution in [0.3, 0.4) is 0 Å². The van der Waals surface area contributed by atoms with Crippen LogP contribution < -0.4 is 20.3 Å². The van der Waals surface area contributed by atoms with Crippen LogP contribution in [-0.4, -0.2) is 38.6 Å². The van der Waals surface area contributed by atoms with Crippen LogP contribution >= 0.6 is 0 Å². The third kappa shape index (κ3) is 6.24. The van der Waals surface area contributed by atoms with Crippen molar-refractivity contribution in [3.63, 3.8) is 0 Å². The van der Waals surface area contributed by atoms with Gasteiger partial charge in [0.15, 0.2) is 5.96 Å². The van der Waals surface area contributed by atoms with Gasteiger partial charge in [0.25, 0.3) is 0 Å². The fourth-order valence-corrected chi connectivity index (χ4v) is 3.54. The summed E-state index contributed by atoms with van der Waals surface area (Å²) in [6.07, 6.45) is 3.60. The first-order chi connectivity index (χ1) is 14.7. The monoisotopic (exact) mass is 408 g/mol. The molecular formula is C24H32N4O2. The minimum absolute atomic E-state index is 0.216. The summed E-state index contributed by atoms with van der Waals surface area (Å²) in [7, 11) is 1.69. The first-order valence-electron chi connectivity index (χ1n) is 10.7. The summed E-state index contributed by atoms with van der Waals surface area (Å²) in [5.41, 5.74) is 3.38. The minimum atomic E-state index is 0.216. The third-order valence-corrected chi connectivity index (χ3v) is 5.15. The number of hydrogen-bond donors (Lipinski definition) is 2. The number of aryl methyl sites for hydroxylation is 1. The summed E-state index contributed by atoms with van der Waals surface area (Å²) in [6.45, 7) is 5.14. The second kappa shape index (κ2) is 11.2. The van der Waals surface area contributed by atoms with Gasteiger partial charge in [-0.1, -0.05) is 24.3 Å². The number of carbonyl (C=O) groups is 1. The van der Waals surface area contributed by atoms with Crippen molar-refractivity contribution in [3.05, 3.63) is 59.7 Å². The van der Waals surface area contributed by atoms with E-state index in [9.17, 15) is 4.79 Å². The molecule has 2 aromatic rings. The van der Waals surface area contributed by atoms with E-state index < -0.39 is 0 Å². The first-order valence-corrected chi connectivity index (χ1v) is 10.7. The summed E-state index contributed by atoms with van der Waals surface area (Å²) < 4.78 is 5.28. The number of carbonyl (C=O) groups excluding carboxylic acids is 1. The first kappa shape index (κ1) is 21.7. The molecule has 1 heterocycles. The molecule has 2 aromatic carbocycles. The van der Waals surface area contributed by atoms with Crippen molar-refractivity contribution in [2.75, 3.05) is 31.6 Å². The summed E-state index contributed by atoms with van der Waals surface area (Å²) in [5, 5.41) is 6.70. The van der Waals surface area contributed by atoms with E-state index >= 15 is 0 Å². The standard InChI is InChI=1S/C24H32N4O2/c1-3-25-24(26-15-5-8-19-7-4-9-22(17-19)30-2)27-18-20-11-13-21(14-12-20)28-16-6-10-23(28)29/h4,7,9,11-14,17H,3,5-6,8,10,15-16,18H2,1-2H3,(H2,25,26,27). The van der Waals surface area contributed by atoms with Crippen molar-refractivity contribution in [3.8, 4) is 5.75 Å². The highest BCUT2D eigenvalue weighted by molar-refractivity contribution is 5.95. The highest BCUT2D eigenvalue weighted by Crippen LogP contribution is 2.21. The lowest BCUT2D eigenvalue weighted by atomic mass is 10.1. The molecule has 0 aliphatic carbocycles. The van der Waals surface area contributed by atoms with Gasteiger partial charge < -0.3 is 20.3 Å². The molecule has 0 radical (unpaired) electrons. The summed E-state index contributed by atoms with van der Waals surface area (Å²) in [4.78, 5) is 18.4. The number of anilines is 1. The van der Waals surface area contributed by atoms with Gasteiger partial charge in [-0.3, -0.25) is 4.79 Å². The molecule has 0 atom stereocenters. The molecule has 0 unspecified atom stereocenters. The van der Waals surface area contributed by atoms with Crippen LogP contribution in [0.15, 0.2) is 53.5 Å². The van der Waals surface area contributed by atoms with Crippen LogP contribution in [0.1, 0.15) is 37.3 Å². The van der Waals surface area contributed by atoms with Gasteiger partial charge in [0.05, 0.1) is 13.7 Å². The molecule has 6 nitrogen and oxygen atoms in total. The van der Waals surface area contributed by atoms with E-state index in [1.54, 1.807) is 7.11 Å². The van der Waals surface area contributed by atoms with Crippen LogP contribution in [-0.2, 0) is 17.8 Å². The number of methoxy groups -OCH3 is 1. The Morgan fingerprint density at radius 2 is 1.97 bits per heavy atom. The van der Waals surface area contributed by atoms with E-state index in [0.717, 1.165) is 61.9 Å². The molecule has 0 bridgehead atoms. The van der Waals surface area contributed by atoms with Crippen molar-refractivity contribution >= 4 is 17.6 Å². The average molecular weight is 409 g/mol. The normalized spacial score (nSPS) is 14.1. The maximum absolute atomic E-state index is 11.9. The van der Waals surface area contributed by atoms with Crippen molar-refractivity contribution in [1.29, 1.82) is 0 Å². The number of benzene rings is 2. The average Bonchev–Trinajstić information content (AvgIpc) is 3.21. The molecule has 1 saturated heterocycles. The number of nitrogens with one attached hydrogen (secondary N) is 2.